The highest BCUT2D eigenvalue weighted by Crippen LogP contribution is 2.37. The van der Waals surface area contributed by atoms with Crippen molar-refractivity contribution in [2.24, 2.45) is 11.7 Å². The molecule has 0 saturated carbocycles. The van der Waals surface area contributed by atoms with Gasteiger partial charge in [-0.05, 0) is 25.0 Å². The van der Waals surface area contributed by atoms with E-state index in [0.29, 0.717) is 18.7 Å². The Morgan fingerprint density at radius 1 is 1.38 bits per heavy atom. The van der Waals surface area contributed by atoms with E-state index in [1.165, 1.54) is 19.2 Å². The number of primary amides is 1. The number of rotatable bonds is 6. The van der Waals surface area contributed by atoms with Crippen LogP contribution in [0.1, 0.15) is 23.2 Å². The lowest BCUT2D eigenvalue weighted by molar-refractivity contribution is -0.125. The van der Waals surface area contributed by atoms with Gasteiger partial charge in [-0.15, -0.1) is 0 Å². The monoisotopic (exact) mass is 383 g/mol. The number of benzene rings is 1. The summed E-state index contributed by atoms with van der Waals surface area (Å²) >= 11 is 6.19. The molecule has 0 spiro atoms. The van der Waals surface area contributed by atoms with Crippen LogP contribution in [0.2, 0.25) is 5.02 Å². The average Bonchev–Trinajstić information content (AvgIpc) is 2.65. The summed E-state index contributed by atoms with van der Waals surface area (Å²) in [5, 5.41) is 2.75. The molecule has 9 heteroatoms. The fourth-order valence-corrected chi connectivity index (χ4v) is 3.15. The van der Waals surface area contributed by atoms with Crippen molar-refractivity contribution in [3.05, 3.63) is 22.7 Å². The van der Waals surface area contributed by atoms with Crippen molar-refractivity contribution in [2.45, 2.75) is 12.8 Å². The lowest BCUT2D eigenvalue weighted by Crippen LogP contribution is -2.44. The topological polar surface area (TPSA) is 111 Å². The maximum atomic E-state index is 12.8. The Labute approximate surface area is 156 Å². The van der Waals surface area contributed by atoms with Gasteiger partial charge in [0.2, 0.25) is 5.91 Å². The van der Waals surface area contributed by atoms with Crippen LogP contribution in [0, 0.1) is 5.92 Å². The first kappa shape index (κ1) is 19.8. The Morgan fingerprint density at radius 3 is 2.73 bits per heavy atom. The van der Waals surface area contributed by atoms with Crippen molar-refractivity contribution in [3.8, 4) is 11.5 Å². The summed E-state index contributed by atoms with van der Waals surface area (Å²) in [7, 11) is 2.98. The molecule has 1 heterocycles. The first-order valence-corrected chi connectivity index (χ1v) is 8.54. The number of ether oxygens (including phenoxy) is 2. The highest BCUT2D eigenvalue weighted by Gasteiger charge is 2.29. The zero-order chi connectivity index (χ0) is 19.3. The number of carbonyl (C=O) groups excluding carboxylic acids is 3. The van der Waals surface area contributed by atoms with Crippen molar-refractivity contribution in [1.29, 1.82) is 0 Å². The molecule has 0 bridgehead atoms. The number of nitrogens with one attached hydrogen (secondary N) is 1. The molecule has 8 nitrogen and oxygen atoms in total. The smallest absolute Gasteiger partial charge is 0.255 e. The number of carbonyl (C=O) groups is 3. The summed E-state index contributed by atoms with van der Waals surface area (Å²) in [6.07, 6.45) is 1.49. The number of piperidine rings is 1. The van der Waals surface area contributed by atoms with Crippen molar-refractivity contribution < 1.29 is 23.9 Å². The molecule has 1 atom stereocenters. The van der Waals surface area contributed by atoms with Gasteiger partial charge in [0.25, 0.3) is 11.8 Å². The van der Waals surface area contributed by atoms with Crippen molar-refractivity contribution in [3.63, 3.8) is 0 Å². The second-order valence-corrected chi connectivity index (χ2v) is 6.36. The molecule has 1 aliphatic rings. The third kappa shape index (κ3) is 4.57. The van der Waals surface area contributed by atoms with E-state index in [1.807, 2.05) is 0 Å². The van der Waals surface area contributed by atoms with Crippen LogP contribution in [-0.2, 0) is 9.59 Å². The van der Waals surface area contributed by atoms with Gasteiger partial charge >= 0.3 is 0 Å². The molecule has 1 fully saturated rings. The highest BCUT2D eigenvalue weighted by molar-refractivity contribution is 6.32. The number of nitrogens with zero attached hydrogens (tertiary/aromatic N) is 1. The maximum absolute atomic E-state index is 12.8. The zero-order valence-corrected chi connectivity index (χ0v) is 15.5. The van der Waals surface area contributed by atoms with Gasteiger partial charge in [-0.3, -0.25) is 14.4 Å². The molecule has 142 valence electrons. The highest BCUT2D eigenvalue weighted by atomic mass is 35.5. The van der Waals surface area contributed by atoms with Crippen LogP contribution in [-0.4, -0.2) is 56.5 Å². The van der Waals surface area contributed by atoms with Crippen molar-refractivity contribution >= 4 is 29.3 Å². The van der Waals surface area contributed by atoms with E-state index in [-0.39, 0.29) is 40.9 Å². The molecule has 1 aromatic carbocycles. The average molecular weight is 384 g/mol. The van der Waals surface area contributed by atoms with Gasteiger partial charge < -0.3 is 25.4 Å². The van der Waals surface area contributed by atoms with Crippen LogP contribution in [0.5, 0.6) is 11.5 Å². The van der Waals surface area contributed by atoms with Crippen LogP contribution in [0.3, 0.4) is 0 Å². The number of nitrogens with two attached hydrogens (primary N) is 1. The molecular weight excluding hydrogens is 362 g/mol. The summed E-state index contributed by atoms with van der Waals surface area (Å²) in [5.41, 5.74) is 5.38. The Kier molecular flexibility index (Phi) is 6.68. The van der Waals surface area contributed by atoms with Crippen molar-refractivity contribution in [2.75, 3.05) is 33.9 Å². The summed E-state index contributed by atoms with van der Waals surface area (Å²) in [5.74, 6) is -0.841. The van der Waals surface area contributed by atoms with Crippen LogP contribution >= 0.6 is 11.6 Å². The Morgan fingerprint density at radius 2 is 2.12 bits per heavy atom. The number of halogens is 1. The lowest BCUT2D eigenvalue weighted by Gasteiger charge is -2.32. The minimum absolute atomic E-state index is 0.0756. The van der Waals surface area contributed by atoms with E-state index < -0.39 is 5.91 Å². The van der Waals surface area contributed by atoms with E-state index in [4.69, 9.17) is 26.8 Å². The lowest BCUT2D eigenvalue weighted by atomic mass is 9.96. The predicted molar refractivity (Wildman–Crippen MR) is 95.4 cm³/mol. The van der Waals surface area contributed by atoms with E-state index in [9.17, 15) is 14.4 Å². The van der Waals surface area contributed by atoms with Gasteiger partial charge in [0, 0.05) is 25.7 Å². The summed E-state index contributed by atoms with van der Waals surface area (Å²) in [6.45, 7) is 0.549. The first-order chi connectivity index (χ1) is 12.4. The molecule has 1 unspecified atom stereocenters. The Hall–Kier alpha value is -2.48. The van der Waals surface area contributed by atoms with Crippen LogP contribution < -0.4 is 20.5 Å². The third-order valence-electron chi connectivity index (χ3n) is 4.16. The molecular formula is C17H22ClN3O5. The van der Waals surface area contributed by atoms with E-state index >= 15 is 0 Å². The van der Waals surface area contributed by atoms with Gasteiger partial charge in [-0.25, -0.2) is 0 Å². The van der Waals surface area contributed by atoms with Gasteiger partial charge in [-0.2, -0.15) is 0 Å². The maximum Gasteiger partial charge on any atom is 0.255 e. The molecule has 1 aliphatic heterocycles. The number of hydrogen-bond acceptors (Lipinski definition) is 5. The number of likely N-dealkylation sites (tertiary alicyclic amines) is 1. The Balaban J connectivity index is 2.22. The molecule has 0 radical (unpaired) electrons. The van der Waals surface area contributed by atoms with Crippen LogP contribution in [0.4, 0.5) is 0 Å². The zero-order valence-electron chi connectivity index (χ0n) is 14.7. The second kappa shape index (κ2) is 8.75. The van der Waals surface area contributed by atoms with E-state index in [2.05, 4.69) is 5.32 Å². The van der Waals surface area contributed by atoms with Crippen LogP contribution in [0.25, 0.3) is 0 Å². The summed E-state index contributed by atoms with van der Waals surface area (Å²) in [6, 6.07) is 2.94. The van der Waals surface area contributed by atoms with Gasteiger partial charge in [0.05, 0.1) is 18.1 Å². The number of hydrogen-bond donors (Lipinski definition) is 2. The van der Waals surface area contributed by atoms with E-state index in [0.717, 1.165) is 12.8 Å². The van der Waals surface area contributed by atoms with Gasteiger partial charge in [0.1, 0.15) is 0 Å². The standard InChI is InChI=1S/C17H22ClN3O5/c1-20-16(23)10-4-3-5-21(8-10)17(24)11-6-12(18)15(13(7-11)25-2)26-9-14(19)22/h6-7,10H,3-5,8-9H2,1-2H3,(H2,19,22)(H,20,23). The molecule has 3 amide bonds. The normalized spacial score (nSPS) is 16.7. The molecule has 0 aromatic heterocycles. The second-order valence-electron chi connectivity index (χ2n) is 5.95. The fourth-order valence-electron chi connectivity index (χ4n) is 2.89. The van der Waals surface area contributed by atoms with E-state index in [1.54, 1.807) is 11.9 Å². The fraction of sp³-hybridized carbons (Fsp3) is 0.471. The summed E-state index contributed by atoms with van der Waals surface area (Å²) < 4.78 is 10.5. The minimum atomic E-state index is -0.656. The molecule has 1 saturated heterocycles. The predicted octanol–water partition coefficient (Wildman–Crippen LogP) is 0.811. The third-order valence-corrected chi connectivity index (χ3v) is 4.44. The minimum Gasteiger partial charge on any atom is -0.493 e. The largest absolute Gasteiger partial charge is 0.493 e. The molecule has 3 N–H and O–H groups in total. The van der Waals surface area contributed by atoms with Gasteiger partial charge in [-0.1, -0.05) is 11.6 Å². The Bertz CT molecular complexity index is 710. The molecule has 0 aliphatic carbocycles. The van der Waals surface area contributed by atoms with Crippen molar-refractivity contribution in [1.82, 2.24) is 10.2 Å². The SMILES string of the molecule is CNC(=O)C1CCCN(C(=O)c2cc(Cl)c(OCC(N)=O)c(OC)c2)C1. The molecule has 2 rings (SSSR count). The van der Waals surface area contributed by atoms with Crippen LogP contribution in [0.15, 0.2) is 12.1 Å². The quantitative estimate of drug-likeness (QED) is 0.755. The molecule has 1 aromatic rings. The first-order valence-electron chi connectivity index (χ1n) is 8.16. The van der Waals surface area contributed by atoms with Gasteiger partial charge in [0.15, 0.2) is 18.1 Å². The number of methoxy groups -OCH3 is 1. The molecule has 26 heavy (non-hydrogen) atoms. The summed E-state index contributed by atoms with van der Waals surface area (Å²) in [4.78, 5) is 37.2. The number of amides is 3.